The van der Waals surface area contributed by atoms with Crippen LogP contribution >= 0.6 is 0 Å². The van der Waals surface area contributed by atoms with E-state index in [0.29, 0.717) is 33.5 Å². The first-order valence-electron chi connectivity index (χ1n) is 8.50. The number of aromatic hydroxyl groups is 1. The van der Waals surface area contributed by atoms with Crippen molar-refractivity contribution >= 4 is 22.9 Å². The molecular weight excluding hydrogens is 376 g/mol. The third-order valence-corrected chi connectivity index (χ3v) is 4.37. The van der Waals surface area contributed by atoms with Gasteiger partial charge in [0.15, 0.2) is 11.5 Å². The number of aromatic amines is 1. The Labute approximate surface area is 164 Å². The van der Waals surface area contributed by atoms with Crippen LogP contribution in [0.15, 0.2) is 52.3 Å². The van der Waals surface area contributed by atoms with Gasteiger partial charge in [-0.3, -0.25) is 4.79 Å². The molecule has 146 valence electrons. The molecule has 0 aliphatic carbocycles. The van der Waals surface area contributed by atoms with Crippen molar-refractivity contribution in [3.63, 3.8) is 0 Å². The van der Waals surface area contributed by atoms with E-state index < -0.39 is 0 Å². The van der Waals surface area contributed by atoms with Crippen molar-refractivity contribution < 1.29 is 14.6 Å². The minimum atomic E-state index is -0.387. The van der Waals surface area contributed by atoms with Gasteiger partial charge in [0.2, 0.25) is 5.88 Å². The van der Waals surface area contributed by atoms with Crippen LogP contribution in [-0.4, -0.2) is 50.7 Å². The molecule has 2 aromatic carbocycles. The van der Waals surface area contributed by atoms with Crippen LogP contribution < -0.4 is 15.0 Å². The SMILES string of the molecule is COc1ccc(-n2c(O)c(/C=N/c3nn[nH]n3)c3ccccc3c2=O)cc1OC. The van der Waals surface area contributed by atoms with E-state index in [2.05, 4.69) is 25.6 Å². The highest BCUT2D eigenvalue weighted by molar-refractivity contribution is 6.02. The second-order valence-electron chi connectivity index (χ2n) is 5.93. The highest BCUT2D eigenvalue weighted by atomic mass is 16.5. The number of pyridine rings is 1. The Bertz CT molecular complexity index is 1260. The van der Waals surface area contributed by atoms with Crippen LogP contribution in [0.5, 0.6) is 17.4 Å². The molecule has 2 N–H and O–H groups in total. The lowest BCUT2D eigenvalue weighted by Gasteiger charge is -2.15. The van der Waals surface area contributed by atoms with E-state index in [4.69, 9.17) is 9.47 Å². The summed E-state index contributed by atoms with van der Waals surface area (Å²) in [6.45, 7) is 0. The quantitative estimate of drug-likeness (QED) is 0.497. The van der Waals surface area contributed by atoms with Crippen LogP contribution in [-0.2, 0) is 0 Å². The van der Waals surface area contributed by atoms with Crippen molar-refractivity contribution in [2.24, 2.45) is 4.99 Å². The summed E-state index contributed by atoms with van der Waals surface area (Å²) < 4.78 is 11.7. The summed E-state index contributed by atoms with van der Waals surface area (Å²) in [5.41, 5.74) is 0.354. The summed E-state index contributed by atoms with van der Waals surface area (Å²) in [7, 11) is 3.01. The lowest BCUT2D eigenvalue weighted by molar-refractivity contribution is 0.354. The number of aromatic nitrogens is 5. The number of methoxy groups -OCH3 is 2. The first-order valence-corrected chi connectivity index (χ1v) is 8.50. The third kappa shape index (κ3) is 3.16. The molecule has 0 fully saturated rings. The van der Waals surface area contributed by atoms with Gasteiger partial charge in [-0.2, -0.15) is 5.21 Å². The van der Waals surface area contributed by atoms with Crippen molar-refractivity contribution in [2.45, 2.75) is 0 Å². The van der Waals surface area contributed by atoms with Crippen molar-refractivity contribution in [3.05, 3.63) is 58.4 Å². The van der Waals surface area contributed by atoms with E-state index in [0.717, 1.165) is 0 Å². The lowest BCUT2D eigenvalue weighted by atomic mass is 10.1. The van der Waals surface area contributed by atoms with Crippen LogP contribution in [0.2, 0.25) is 0 Å². The molecule has 0 bridgehead atoms. The molecule has 10 nitrogen and oxygen atoms in total. The molecule has 0 atom stereocenters. The monoisotopic (exact) mass is 392 g/mol. The summed E-state index contributed by atoms with van der Waals surface area (Å²) in [5.74, 6) is 0.737. The number of nitrogens with zero attached hydrogens (tertiary/aromatic N) is 5. The summed E-state index contributed by atoms with van der Waals surface area (Å²) >= 11 is 0. The number of tetrazole rings is 1. The molecule has 0 aliphatic heterocycles. The van der Waals surface area contributed by atoms with E-state index in [-0.39, 0.29) is 17.4 Å². The number of H-pyrrole nitrogens is 1. The normalized spacial score (nSPS) is 11.2. The molecule has 2 aromatic heterocycles. The van der Waals surface area contributed by atoms with E-state index in [1.165, 1.54) is 25.0 Å². The van der Waals surface area contributed by atoms with Gasteiger partial charge in [0.1, 0.15) is 0 Å². The summed E-state index contributed by atoms with van der Waals surface area (Å²) in [5, 5.41) is 25.2. The van der Waals surface area contributed by atoms with Gasteiger partial charge in [0.25, 0.3) is 11.5 Å². The maximum absolute atomic E-state index is 13.1. The first kappa shape index (κ1) is 18.2. The second kappa shape index (κ2) is 7.43. The molecule has 4 aromatic rings. The van der Waals surface area contributed by atoms with Gasteiger partial charge >= 0.3 is 0 Å². The first-order chi connectivity index (χ1) is 14.1. The Morgan fingerprint density at radius 2 is 1.86 bits per heavy atom. The van der Waals surface area contributed by atoms with Crippen LogP contribution in [0.25, 0.3) is 16.5 Å². The Morgan fingerprint density at radius 1 is 1.10 bits per heavy atom. The molecule has 4 rings (SSSR count). The van der Waals surface area contributed by atoms with E-state index in [1.807, 2.05) is 0 Å². The van der Waals surface area contributed by atoms with Crippen molar-refractivity contribution in [2.75, 3.05) is 14.2 Å². The number of ether oxygens (including phenoxy) is 2. The lowest BCUT2D eigenvalue weighted by Crippen LogP contribution is -2.20. The molecule has 0 radical (unpaired) electrons. The molecule has 2 heterocycles. The van der Waals surface area contributed by atoms with Gasteiger partial charge in [-0.05, 0) is 23.4 Å². The van der Waals surface area contributed by atoms with Gasteiger partial charge in [-0.1, -0.05) is 23.3 Å². The minimum absolute atomic E-state index is 0.0948. The largest absolute Gasteiger partial charge is 0.494 e. The van der Waals surface area contributed by atoms with E-state index in [1.54, 1.807) is 42.5 Å². The molecule has 0 saturated carbocycles. The Balaban J connectivity index is 1.99. The molecule has 29 heavy (non-hydrogen) atoms. The topological polar surface area (TPSA) is 128 Å². The molecule has 0 saturated heterocycles. The predicted octanol–water partition coefficient (Wildman–Crippen LogP) is 1.98. The number of hydrogen-bond acceptors (Lipinski definition) is 8. The van der Waals surface area contributed by atoms with Gasteiger partial charge < -0.3 is 14.6 Å². The van der Waals surface area contributed by atoms with Crippen LogP contribution in [0, 0.1) is 0 Å². The number of benzene rings is 2. The molecule has 10 heteroatoms. The Morgan fingerprint density at radius 3 is 2.55 bits per heavy atom. The predicted molar refractivity (Wildman–Crippen MR) is 106 cm³/mol. The van der Waals surface area contributed by atoms with Crippen LogP contribution in [0.3, 0.4) is 0 Å². The zero-order valence-corrected chi connectivity index (χ0v) is 15.5. The Hall–Kier alpha value is -4.21. The highest BCUT2D eigenvalue weighted by Crippen LogP contribution is 2.32. The van der Waals surface area contributed by atoms with Crippen molar-refractivity contribution in [1.82, 2.24) is 25.2 Å². The summed E-state index contributed by atoms with van der Waals surface area (Å²) in [6.07, 6.45) is 1.39. The third-order valence-electron chi connectivity index (χ3n) is 4.37. The molecule has 0 amide bonds. The van der Waals surface area contributed by atoms with Crippen LogP contribution in [0.4, 0.5) is 5.95 Å². The van der Waals surface area contributed by atoms with E-state index in [9.17, 15) is 9.90 Å². The maximum atomic E-state index is 13.1. The minimum Gasteiger partial charge on any atom is -0.494 e. The molecule has 0 unspecified atom stereocenters. The van der Waals surface area contributed by atoms with Gasteiger partial charge in [-0.25, -0.2) is 9.56 Å². The number of hydrogen-bond donors (Lipinski definition) is 2. The number of nitrogens with one attached hydrogen (secondary N) is 1. The number of fused-ring (bicyclic) bond motifs is 1. The summed E-state index contributed by atoms with van der Waals surface area (Å²) in [6, 6.07) is 11.8. The van der Waals surface area contributed by atoms with Crippen molar-refractivity contribution in [3.8, 4) is 23.1 Å². The fourth-order valence-electron chi connectivity index (χ4n) is 3.03. The van der Waals surface area contributed by atoms with Crippen LogP contribution in [0.1, 0.15) is 5.56 Å². The fourth-order valence-corrected chi connectivity index (χ4v) is 3.03. The standard InChI is InChI=1S/C19H16N6O4/c1-28-15-8-7-11(9-16(15)29-2)25-17(26)13-6-4-3-5-12(13)14(18(25)27)10-20-19-21-23-24-22-19/h3-10,27H,1-2H3,(H,21,22,23,24)/b20-10+. The summed E-state index contributed by atoms with van der Waals surface area (Å²) in [4.78, 5) is 17.2. The Kier molecular flexibility index (Phi) is 4.65. The van der Waals surface area contributed by atoms with Crippen molar-refractivity contribution in [1.29, 1.82) is 0 Å². The number of rotatable bonds is 5. The number of aliphatic imine (C=N–C) groups is 1. The fraction of sp³-hybridized carbons (Fsp3) is 0.105. The average molecular weight is 392 g/mol. The van der Waals surface area contributed by atoms with Gasteiger partial charge in [0, 0.05) is 23.1 Å². The molecular formula is C19H16N6O4. The van der Waals surface area contributed by atoms with E-state index >= 15 is 0 Å². The second-order valence-corrected chi connectivity index (χ2v) is 5.93. The highest BCUT2D eigenvalue weighted by Gasteiger charge is 2.17. The molecule has 0 aliphatic rings. The smallest absolute Gasteiger partial charge is 0.288 e. The maximum Gasteiger partial charge on any atom is 0.288 e. The zero-order chi connectivity index (χ0) is 20.4. The average Bonchev–Trinajstić information content (AvgIpc) is 3.27. The molecule has 0 spiro atoms. The zero-order valence-electron chi connectivity index (χ0n) is 15.5. The van der Waals surface area contributed by atoms with Gasteiger partial charge in [-0.15, -0.1) is 5.10 Å². The van der Waals surface area contributed by atoms with Gasteiger partial charge in [0.05, 0.1) is 25.5 Å².